The summed E-state index contributed by atoms with van der Waals surface area (Å²) >= 11 is 0. The normalized spacial score (nSPS) is 17.1. The average molecular weight is 266 g/mol. The SMILES string of the molecule is CC(C)OC(C)(C(=O)O)c1ccc2c(c1)OCCO2. The third kappa shape index (κ3) is 2.66. The van der Waals surface area contributed by atoms with Crippen molar-refractivity contribution in [2.45, 2.75) is 32.5 Å². The van der Waals surface area contributed by atoms with Gasteiger partial charge in [-0.2, -0.15) is 0 Å². The average Bonchev–Trinajstić information content (AvgIpc) is 2.37. The molecule has 1 aromatic carbocycles. The molecule has 1 aromatic rings. The van der Waals surface area contributed by atoms with Crippen molar-refractivity contribution in [3.05, 3.63) is 23.8 Å². The maximum atomic E-state index is 11.5. The lowest BCUT2D eigenvalue weighted by molar-refractivity contribution is -0.170. The van der Waals surface area contributed by atoms with Crippen LogP contribution in [0, 0.1) is 0 Å². The Morgan fingerprint density at radius 2 is 1.95 bits per heavy atom. The van der Waals surface area contributed by atoms with Crippen LogP contribution in [-0.4, -0.2) is 30.4 Å². The predicted molar refractivity (Wildman–Crippen MR) is 68.6 cm³/mol. The van der Waals surface area contributed by atoms with E-state index >= 15 is 0 Å². The zero-order valence-electron chi connectivity index (χ0n) is 11.3. The first-order chi connectivity index (χ1) is 8.93. The van der Waals surface area contributed by atoms with Crippen molar-refractivity contribution in [1.29, 1.82) is 0 Å². The molecule has 5 heteroatoms. The second kappa shape index (κ2) is 5.09. The number of benzene rings is 1. The molecule has 0 spiro atoms. The number of fused-ring (bicyclic) bond motifs is 1. The second-order valence-electron chi connectivity index (χ2n) is 4.86. The standard InChI is InChI=1S/C14H18O5/c1-9(2)19-14(3,13(15)16)10-4-5-11-12(8-10)18-7-6-17-11/h4-5,8-9H,6-7H2,1-3H3,(H,15,16). The highest BCUT2D eigenvalue weighted by molar-refractivity contribution is 5.79. The summed E-state index contributed by atoms with van der Waals surface area (Å²) in [6, 6.07) is 5.09. The van der Waals surface area contributed by atoms with Crippen LogP contribution in [0.25, 0.3) is 0 Å². The summed E-state index contributed by atoms with van der Waals surface area (Å²) in [7, 11) is 0. The summed E-state index contributed by atoms with van der Waals surface area (Å²) in [6.45, 7) is 6.12. The molecule has 2 rings (SSSR count). The molecule has 1 unspecified atom stereocenters. The summed E-state index contributed by atoms with van der Waals surface area (Å²) in [5.41, 5.74) is -0.859. The van der Waals surface area contributed by atoms with Gasteiger partial charge in [0.1, 0.15) is 13.2 Å². The molecule has 0 bridgehead atoms. The number of hydrogen-bond acceptors (Lipinski definition) is 4. The molecule has 0 saturated carbocycles. The van der Waals surface area contributed by atoms with Gasteiger partial charge in [-0.05, 0) is 38.5 Å². The maximum absolute atomic E-state index is 11.5. The zero-order valence-corrected chi connectivity index (χ0v) is 11.3. The van der Waals surface area contributed by atoms with Crippen LogP contribution in [0.5, 0.6) is 11.5 Å². The van der Waals surface area contributed by atoms with Crippen molar-refractivity contribution in [1.82, 2.24) is 0 Å². The Morgan fingerprint density at radius 3 is 2.53 bits per heavy atom. The van der Waals surface area contributed by atoms with Crippen LogP contribution in [0.15, 0.2) is 18.2 Å². The van der Waals surface area contributed by atoms with E-state index < -0.39 is 11.6 Å². The van der Waals surface area contributed by atoms with E-state index in [1.807, 2.05) is 0 Å². The van der Waals surface area contributed by atoms with Crippen LogP contribution < -0.4 is 9.47 Å². The van der Waals surface area contributed by atoms with E-state index in [1.54, 1.807) is 39.0 Å². The third-order valence-corrected chi connectivity index (χ3v) is 2.97. The Balaban J connectivity index is 2.39. The Morgan fingerprint density at radius 1 is 1.32 bits per heavy atom. The number of carboxylic acid groups (broad SMARTS) is 1. The molecule has 104 valence electrons. The molecule has 0 amide bonds. The first-order valence-electron chi connectivity index (χ1n) is 6.25. The maximum Gasteiger partial charge on any atom is 0.340 e. The first kappa shape index (κ1) is 13.7. The van der Waals surface area contributed by atoms with E-state index in [9.17, 15) is 9.90 Å². The number of rotatable bonds is 4. The van der Waals surface area contributed by atoms with Gasteiger partial charge in [0.2, 0.25) is 0 Å². The second-order valence-corrected chi connectivity index (χ2v) is 4.86. The van der Waals surface area contributed by atoms with Gasteiger partial charge in [0, 0.05) is 0 Å². The Hall–Kier alpha value is -1.75. The number of ether oxygens (including phenoxy) is 3. The molecule has 0 fully saturated rings. The highest BCUT2D eigenvalue weighted by Gasteiger charge is 2.38. The van der Waals surface area contributed by atoms with Crippen molar-refractivity contribution in [2.75, 3.05) is 13.2 Å². The number of aliphatic carboxylic acids is 1. The van der Waals surface area contributed by atoms with Gasteiger partial charge in [-0.25, -0.2) is 4.79 Å². The fourth-order valence-corrected chi connectivity index (χ4v) is 2.05. The molecular formula is C14H18O5. The molecule has 1 aliphatic heterocycles. The van der Waals surface area contributed by atoms with Crippen LogP contribution in [0.2, 0.25) is 0 Å². The highest BCUT2D eigenvalue weighted by Crippen LogP contribution is 2.36. The van der Waals surface area contributed by atoms with E-state index in [2.05, 4.69) is 0 Å². The minimum atomic E-state index is -1.40. The molecule has 5 nitrogen and oxygen atoms in total. The highest BCUT2D eigenvalue weighted by atomic mass is 16.6. The van der Waals surface area contributed by atoms with Gasteiger partial charge >= 0.3 is 5.97 Å². The molecule has 0 aliphatic carbocycles. The van der Waals surface area contributed by atoms with Gasteiger partial charge in [0.05, 0.1) is 6.10 Å². The summed E-state index contributed by atoms with van der Waals surface area (Å²) < 4.78 is 16.5. The van der Waals surface area contributed by atoms with Crippen molar-refractivity contribution < 1.29 is 24.1 Å². The Bertz CT molecular complexity index is 483. The van der Waals surface area contributed by atoms with E-state index in [0.717, 1.165) is 0 Å². The van der Waals surface area contributed by atoms with Crippen molar-refractivity contribution >= 4 is 5.97 Å². The molecule has 0 saturated heterocycles. The third-order valence-electron chi connectivity index (χ3n) is 2.97. The first-order valence-corrected chi connectivity index (χ1v) is 6.25. The number of carboxylic acids is 1. The summed E-state index contributed by atoms with van der Waals surface area (Å²) in [5.74, 6) is 0.161. The van der Waals surface area contributed by atoms with E-state index in [4.69, 9.17) is 14.2 Å². The van der Waals surface area contributed by atoms with Crippen LogP contribution in [-0.2, 0) is 15.1 Å². The van der Waals surface area contributed by atoms with Crippen LogP contribution in [0.3, 0.4) is 0 Å². The molecule has 1 heterocycles. The Labute approximate surface area is 112 Å². The smallest absolute Gasteiger partial charge is 0.340 e. The summed E-state index contributed by atoms with van der Waals surface area (Å²) in [6.07, 6.45) is -0.200. The Kier molecular flexibility index (Phi) is 3.66. The molecular weight excluding hydrogens is 248 g/mol. The number of carbonyl (C=O) groups is 1. The molecule has 0 aromatic heterocycles. The monoisotopic (exact) mass is 266 g/mol. The van der Waals surface area contributed by atoms with E-state index in [-0.39, 0.29) is 6.10 Å². The minimum Gasteiger partial charge on any atom is -0.486 e. The van der Waals surface area contributed by atoms with Gasteiger partial charge in [-0.3, -0.25) is 0 Å². The molecule has 1 atom stereocenters. The van der Waals surface area contributed by atoms with Crippen molar-refractivity contribution in [2.24, 2.45) is 0 Å². The van der Waals surface area contributed by atoms with E-state index in [1.165, 1.54) is 0 Å². The molecule has 1 N–H and O–H groups in total. The zero-order chi connectivity index (χ0) is 14.0. The van der Waals surface area contributed by atoms with Crippen LogP contribution in [0.4, 0.5) is 0 Å². The number of hydrogen-bond donors (Lipinski definition) is 1. The summed E-state index contributed by atoms with van der Waals surface area (Å²) in [4.78, 5) is 11.5. The van der Waals surface area contributed by atoms with Gasteiger partial charge in [-0.1, -0.05) is 6.07 Å². The van der Waals surface area contributed by atoms with E-state index in [0.29, 0.717) is 30.3 Å². The molecule has 0 radical (unpaired) electrons. The lowest BCUT2D eigenvalue weighted by atomic mass is 9.95. The molecule has 1 aliphatic rings. The van der Waals surface area contributed by atoms with Gasteiger partial charge < -0.3 is 19.3 Å². The summed E-state index contributed by atoms with van der Waals surface area (Å²) in [5, 5.41) is 9.44. The topological polar surface area (TPSA) is 65.0 Å². The van der Waals surface area contributed by atoms with Gasteiger partial charge in [-0.15, -0.1) is 0 Å². The predicted octanol–water partition coefficient (Wildman–Crippen LogP) is 2.18. The van der Waals surface area contributed by atoms with Crippen LogP contribution in [0.1, 0.15) is 26.3 Å². The fourth-order valence-electron chi connectivity index (χ4n) is 2.05. The minimum absolute atomic E-state index is 0.200. The van der Waals surface area contributed by atoms with Gasteiger partial charge in [0.15, 0.2) is 17.1 Å². The quantitative estimate of drug-likeness (QED) is 0.904. The molecule has 19 heavy (non-hydrogen) atoms. The fraction of sp³-hybridized carbons (Fsp3) is 0.500. The largest absolute Gasteiger partial charge is 0.486 e. The van der Waals surface area contributed by atoms with Crippen LogP contribution >= 0.6 is 0 Å². The van der Waals surface area contributed by atoms with Crippen molar-refractivity contribution in [3.63, 3.8) is 0 Å². The van der Waals surface area contributed by atoms with Crippen molar-refractivity contribution in [3.8, 4) is 11.5 Å². The van der Waals surface area contributed by atoms with Gasteiger partial charge in [0.25, 0.3) is 0 Å². The lowest BCUT2D eigenvalue weighted by Crippen LogP contribution is -2.37. The lowest BCUT2D eigenvalue weighted by Gasteiger charge is -2.29.